The zero-order valence-corrected chi connectivity index (χ0v) is 10.7. The average Bonchev–Trinajstić information content (AvgIpc) is 2.43. The summed E-state index contributed by atoms with van der Waals surface area (Å²) in [6.07, 6.45) is 0. The van der Waals surface area contributed by atoms with Gasteiger partial charge in [-0.15, -0.1) is 10.2 Å². The first-order valence-corrected chi connectivity index (χ1v) is 5.66. The van der Waals surface area contributed by atoms with Gasteiger partial charge in [0.1, 0.15) is 11.4 Å². The average molecular weight is 294 g/mol. The van der Waals surface area contributed by atoms with Gasteiger partial charge in [0.05, 0.1) is 10.5 Å². The second-order valence-corrected chi connectivity index (χ2v) is 4.04. The van der Waals surface area contributed by atoms with Gasteiger partial charge in [-0.2, -0.15) is 5.10 Å². The van der Waals surface area contributed by atoms with Crippen molar-refractivity contribution in [3.05, 3.63) is 56.9 Å². The van der Waals surface area contributed by atoms with E-state index in [1.54, 1.807) is 0 Å². The molecule has 0 bridgehead atoms. The molecule has 1 aromatic heterocycles. The molecule has 102 valence electrons. The predicted molar refractivity (Wildman–Crippen MR) is 71.6 cm³/mol. The number of nitrogens with zero attached hydrogens (tertiary/aromatic N) is 4. The minimum absolute atomic E-state index is 0.0652. The third kappa shape index (κ3) is 2.50. The van der Waals surface area contributed by atoms with E-state index in [4.69, 9.17) is 17.4 Å². The molecule has 2 aromatic rings. The van der Waals surface area contributed by atoms with Crippen LogP contribution < -0.4 is 5.84 Å². The zero-order valence-electron chi connectivity index (χ0n) is 9.89. The molecule has 0 unspecified atom stereocenters. The molecule has 0 aliphatic carbocycles. The van der Waals surface area contributed by atoms with Crippen LogP contribution in [0.4, 0.5) is 5.69 Å². The number of aromatic nitrogens is 2. The Labute approximate surface area is 117 Å². The third-order valence-electron chi connectivity index (χ3n) is 2.47. The maximum Gasteiger partial charge on any atom is 0.311 e. The van der Waals surface area contributed by atoms with Gasteiger partial charge in [0.15, 0.2) is 5.15 Å². The number of phenols is 1. The highest BCUT2D eigenvalue weighted by Crippen LogP contribution is 2.30. The topological polar surface area (TPSA) is 128 Å². The van der Waals surface area contributed by atoms with Crippen molar-refractivity contribution in [1.29, 1.82) is 0 Å². The molecule has 0 fully saturated rings. The van der Waals surface area contributed by atoms with Crippen molar-refractivity contribution in [2.45, 2.75) is 0 Å². The van der Waals surface area contributed by atoms with Crippen molar-refractivity contribution in [1.82, 2.24) is 10.2 Å². The maximum absolute atomic E-state index is 10.8. The fourth-order valence-electron chi connectivity index (χ4n) is 1.59. The quantitative estimate of drug-likeness (QED) is 0.381. The van der Waals surface area contributed by atoms with Gasteiger partial charge in [-0.1, -0.05) is 17.7 Å². The summed E-state index contributed by atoms with van der Waals surface area (Å²) in [5.41, 5.74) is -0.0769. The number of rotatable bonds is 3. The molecular weight excluding hydrogens is 286 g/mol. The lowest BCUT2D eigenvalue weighted by molar-refractivity contribution is -0.385. The summed E-state index contributed by atoms with van der Waals surface area (Å²) < 4.78 is 0. The first-order valence-electron chi connectivity index (χ1n) is 5.29. The summed E-state index contributed by atoms with van der Waals surface area (Å²) in [6, 6.07) is 6.95. The minimum Gasteiger partial charge on any atom is -0.502 e. The van der Waals surface area contributed by atoms with Crippen LogP contribution in [0.5, 0.6) is 5.75 Å². The summed E-state index contributed by atoms with van der Waals surface area (Å²) in [6.45, 7) is 0. The molecule has 1 heterocycles. The number of nitro groups is 1. The molecule has 0 saturated heterocycles. The molecule has 3 N–H and O–H groups in total. The first-order chi connectivity index (χ1) is 9.54. The maximum atomic E-state index is 10.8. The van der Waals surface area contributed by atoms with Crippen molar-refractivity contribution in [3.8, 4) is 5.75 Å². The Bertz CT molecular complexity index is 687. The van der Waals surface area contributed by atoms with Crippen molar-refractivity contribution < 1.29 is 10.0 Å². The number of phenolic OH excluding ortho intramolecular Hbond substituents is 1. The standard InChI is InChI=1S/C11H8ClN5O3/c12-9-5-4-7(15-16-9)10(14-13)6-2-1-3-8(11(6)18)17(19)20/h1-5,18H,13H2. The number of nitrogens with two attached hydrogens (primary N) is 1. The molecule has 0 aliphatic rings. The van der Waals surface area contributed by atoms with Crippen molar-refractivity contribution in [2.75, 3.05) is 0 Å². The summed E-state index contributed by atoms with van der Waals surface area (Å²) in [5.74, 6) is 4.73. The molecule has 8 nitrogen and oxygen atoms in total. The lowest BCUT2D eigenvalue weighted by Crippen LogP contribution is -2.10. The number of nitro benzene ring substituents is 1. The predicted octanol–water partition coefficient (Wildman–Crippen LogP) is 1.45. The Morgan fingerprint density at radius 3 is 2.65 bits per heavy atom. The number of hydrazone groups is 1. The molecule has 0 saturated carbocycles. The number of aromatic hydroxyl groups is 1. The largest absolute Gasteiger partial charge is 0.502 e. The van der Waals surface area contributed by atoms with E-state index in [1.165, 1.54) is 30.3 Å². The van der Waals surface area contributed by atoms with Gasteiger partial charge >= 0.3 is 5.69 Å². The van der Waals surface area contributed by atoms with E-state index in [0.29, 0.717) is 0 Å². The van der Waals surface area contributed by atoms with E-state index in [2.05, 4.69) is 15.3 Å². The number of para-hydroxylation sites is 1. The summed E-state index contributed by atoms with van der Waals surface area (Å²) >= 11 is 5.62. The fraction of sp³-hybridized carbons (Fsp3) is 0. The lowest BCUT2D eigenvalue weighted by atomic mass is 10.0. The second-order valence-electron chi connectivity index (χ2n) is 3.65. The Kier molecular flexibility index (Phi) is 3.76. The molecule has 9 heteroatoms. The molecule has 0 radical (unpaired) electrons. The van der Waals surface area contributed by atoms with Crippen molar-refractivity contribution >= 4 is 23.0 Å². The molecule has 0 atom stereocenters. The van der Waals surface area contributed by atoms with E-state index in [9.17, 15) is 15.2 Å². The van der Waals surface area contributed by atoms with Gasteiger partial charge in [-0.25, -0.2) is 0 Å². The van der Waals surface area contributed by atoms with Gasteiger partial charge in [0, 0.05) is 6.07 Å². The summed E-state index contributed by atoms with van der Waals surface area (Å²) in [5, 5.41) is 31.8. The first kappa shape index (κ1) is 13.7. The van der Waals surface area contributed by atoms with Crippen LogP contribution in [0.25, 0.3) is 0 Å². The smallest absolute Gasteiger partial charge is 0.311 e. The highest BCUT2D eigenvalue weighted by molar-refractivity contribution is 6.29. The van der Waals surface area contributed by atoms with Gasteiger partial charge in [-0.05, 0) is 18.2 Å². The zero-order chi connectivity index (χ0) is 14.7. The van der Waals surface area contributed by atoms with E-state index in [0.717, 1.165) is 0 Å². The molecule has 1 aromatic carbocycles. The van der Waals surface area contributed by atoms with Crippen LogP contribution >= 0.6 is 11.6 Å². The van der Waals surface area contributed by atoms with Gasteiger partial charge < -0.3 is 10.9 Å². The second kappa shape index (κ2) is 5.49. The van der Waals surface area contributed by atoms with Crippen LogP contribution in [0, 0.1) is 10.1 Å². The highest BCUT2D eigenvalue weighted by atomic mass is 35.5. The lowest BCUT2D eigenvalue weighted by Gasteiger charge is -2.06. The van der Waals surface area contributed by atoms with Gasteiger partial charge in [0.2, 0.25) is 5.75 Å². The van der Waals surface area contributed by atoms with E-state index in [-0.39, 0.29) is 22.1 Å². The Morgan fingerprint density at radius 2 is 2.10 bits per heavy atom. The van der Waals surface area contributed by atoms with E-state index in [1.807, 2.05) is 0 Å². The van der Waals surface area contributed by atoms with Crippen LogP contribution in [-0.2, 0) is 0 Å². The van der Waals surface area contributed by atoms with Crippen molar-refractivity contribution in [2.24, 2.45) is 10.9 Å². The Morgan fingerprint density at radius 1 is 1.35 bits per heavy atom. The van der Waals surface area contributed by atoms with Crippen LogP contribution in [0.3, 0.4) is 0 Å². The summed E-state index contributed by atoms with van der Waals surface area (Å²) in [4.78, 5) is 10.1. The highest BCUT2D eigenvalue weighted by Gasteiger charge is 2.21. The molecule has 2 rings (SSSR count). The van der Waals surface area contributed by atoms with Gasteiger partial charge in [-0.3, -0.25) is 10.1 Å². The van der Waals surface area contributed by atoms with Crippen LogP contribution in [0.15, 0.2) is 35.4 Å². The number of hydrogen-bond acceptors (Lipinski definition) is 7. The monoisotopic (exact) mass is 293 g/mol. The molecule has 0 amide bonds. The number of benzene rings is 1. The number of hydrogen-bond donors (Lipinski definition) is 2. The van der Waals surface area contributed by atoms with Gasteiger partial charge in [0.25, 0.3) is 0 Å². The minimum atomic E-state index is -0.708. The fourth-order valence-corrected chi connectivity index (χ4v) is 1.69. The Balaban J connectivity index is 2.56. The van der Waals surface area contributed by atoms with Crippen LogP contribution in [-0.4, -0.2) is 25.9 Å². The van der Waals surface area contributed by atoms with E-state index < -0.39 is 16.4 Å². The SMILES string of the molecule is NN=C(c1ccc(Cl)nn1)c1cccc([N+](=O)[O-])c1O. The normalized spacial score (nSPS) is 11.3. The van der Waals surface area contributed by atoms with Crippen molar-refractivity contribution in [3.63, 3.8) is 0 Å². The third-order valence-corrected chi connectivity index (χ3v) is 2.67. The molecule has 20 heavy (non-hydrogen) atoms. The molecule has 0 aliphatic heterocycles. The summed E-state index contributed by atoms with van der Waals surface area (Å²) in [7, 11) is 0. The number of halogens is 1. The molecule has 0 spiro atoms. The van der Waals surface area contributed by atoms with Crippen LogP contribution in [0.2, 0.25) is 5.15 Å². The van der Waals surface area contributed by atoms with Crippen LogP contribution in [0.1, 0.15) is 11.3 Å². The Hall–Kier alpha value is -2.74. The molecular formula is C11H8ClN5O3. The van der Waals surface area contributed by atoms with E-state index >= 15 is 0 Å².